The van der Waals surface area contributed by atoms with Crippen LogP contribution in [0.15, 0.2) is 24.3 Å². The summed E-state index contributed by atoms with van der Waals surface area (Å²) >= 11 is 5.89. The van der Waals surface area contributed by atoms with Gasteiger partial charge in [0.2, 0.25) is 0 Å². The minimum Gasteiger partial charge on any atom is -0.314 e. The summed E-state index contributed by atoms with van der Waals surface area (Å²) in [5, 5.41) is 13.1. The normalized spacial score (nSPS) is 12.2. The fraction of sp³-hybridized carbons (Fsp3) is 0.533. The molecule has 0 amide bonds. The van der Waals surface area contributed by atoms with Crippen LogP contribution in [-0.4, -0.2) is 13.1 Å². The molecule has 0 aliphatic carbocycles. The molecule has 3 heteroatoms. The van der Waals surface area contributed by atoms with E-state index in [0.717, 1.165) is 11.6 Å². The van der Waals surface area contributed by atoms with Crippen molar-refractivity contribution in [2.24, 2.45) is 5.41 Å². The van der Waals surface area contributed by atoms with Crippen LogP contribution in [0.3, 0.4) is 0 Å². The summed E-state index contributed by atoms with van der Waals surface area (Å²) < 4.78 is 0. The van der Waals surface area contributed by atoms with E-state index in [2.05, 4.69) is 37.4 Å². The summed E-state index contributed by atoms with van der Waals surface area (Å²) in [4.78, 5) is 0. The number of benzene rings is 1. The Kier molecular flexibility index (Phi) is 4.78. The Morgan fingerprint density at radius 2 is 1.67 bits per heavy atom. The first-order valence-electron chi connectivity index (χ1n) is 6.15. The minimum atomic E-state index is -0.323. The summed E-state index contributed by atoms with van der Waals surface area (Å²) in [5.74, 6) is 0. The van der Waals surface area contributed by atoms with Gasteiger partial charge in [0.25, 0.3) is 0 Å². The smallest absolute Gasteiger partial charge is 0.0697 e. The number of hydrogen-bond acceptors (Lipinski definition) is 2. The van der Waals surface area contributed by atoms with Gasteiger partial charge in [-0.05, 0) is 31.5 Å². The topological polar surface area (TPSA) is 35.8 Å². The molecule has 0 fully saturated rings. The fourth-order valence-electron chi connectivity index (χ4n) is 1.73. The molecule has 0 saturated carbocycles. The molecule has 0 bridgehead atoms. The van der Waals surface area contributed by atoms with Gasteiger partial charge in [-0.25, -0.2) is 0 Å². The average molecular weight is 265 g/mol. The molecule has 1 rings (SSSR count). The van der Waals surface area contributed by atoms with E-state index in [0.29, 0.717) is 6.54 Å². The van der Waals surface area contributed by atoms with Gasteiger partial charge in [0.1, 0.15) is 0 Å². The third-order valence-electron chi connectivity index (χ3n) is 3.06. The summed E-state index contributed by atoms with van der Waals surface area (Å²) in [5.41, 5.74) is 0.945. The van der Waals surface area contributed by atoms with Crippen LogP contribution in [0.2, 0.25) is 5.02 Å². The zero-order valence-electron chi connectivity index (χ0n) is 11.5. The van der Waals surface area contributed by atoms with E-state index in [1.165, 1.54) is 5.56 Å². The van der Waals surface area contributed by atoms with Crippen molar-refractivity contribution in [3.63, 3.8) is 0 Å². The van der Waals surface area contributed by atoms with Crippen molar-refractivity contribution in [2.75, 3.05) is 13.1 Å². The summed E-state index contributed by atoms with van der Waals surface area (Å²) in [6, 6.07) is 10.2. The van der Waals surface area contributed by atoms with E-state index in [1.54, 1.807) is 0 Å². The maximum Gasteiger partial charge on any atom is 0.0697 e. The monoisotopic (exact) mass is 264 g/mol. The van der Waals surface area contributed by atoms with E-state index in [-0.39, 0.29) is 10.8 Å². The van der Waals surface area contributed by atoms with Gasteiger partial charge < -0.3 is 5.32 Å². The molecule has 0 spiro atoms. The number of nitrogens with one attached hydrogen (secondary N) is 1. The lowest BCUT2D eigenvalue weighted by molar-refractivity contribution is 0.397. The zero-order valence-corrected chi connectivity index (χ0v) is 12.3. The first-order valence-corrected chi connectivity index (χ1v) is 6.53. The average Bonchev–Trinajstić information content (AvgIpc) is 2.29. The van der Waals surface area contributed by atoms with E-state index in [4.69, 9.17) is 16.9 Å². The minimum absolute atomic E-state index is 0.0239. The van der Waals surface area contributed by atoms with Crippen LogP contribution >= 0.6 is 11.6 Å². The lowest BCUT2D eigenvalue weighted by atomic mass is 9.84. The van der Waals surface area contributed by atoms with Crippen molar-refractivity contribution in [2.45, 2.75) is 33.1 Å². The maximum absolute atomic E-state index is 8.97. The largest absolute Gasteiger partial charge is 0.314 e. The van der Waals surface area contributed by atoms with Crippen molar-refractivity contribution < 1.29 is 0 Å². The Morgan fingerprint density at radius 1 is 1.11 bits per heavy atom. The molecule has 0 heterocycles. The maximum atomic E-state index is 8.97. The SMILES string of the molecule is CC(C)(C#N)CNCC(C)(C)c1ccc(Cl)cc1. The van der Waals surface area contributed by atoms with Gasteiger partial charge in [-0.15, -0.1) is 0 Å². The molecule has 0 unspecified atom stereocenters. The van der Waals surface area contributed by atoms with Gasteiger partial charge in [0.15, 0.2) is 0 Å². The second kappa shape index (κ2) is 5.73. The van der Waals surface area contributed by atoms with Crippen LogP contribution in [-0.2, 0) is 5.41 Å². The fourth-order valence-corrected chi connectivity index (χ4v) is 1.86. The van der Waals surface area contributed by atoms with Crippen molar-refractivity contribution >= 4 is 11.6 Å². The highest BCUT2D eigenvalue weighted by Gasteiger charge is 2.22. The van der Waals surface area contributed by atoms with Crippen molar-refractivity contribution in [3.8, 4) is 6.07 Å². The van der Waals surface area contributed by atoms with Crippen LogP contribution in [0.1, 0.15) is 33.3 Å². The predicted octanol–water partition coefficient (Wildman–Crippen LogP) is 3.76. The molecule has 0 radical (unpaired) electrons. The van der Waals surface area contributed by atoms with Crippen molar-refractivity contribution in [3.05, 3.63) is 34.9 Å². The molecule has 98 valence electrons. The molecule has 0 aliphatic rings. The zero-order chi connectivity index (χ0) is 13.8. The second-order valence-electron chi connectivity index (χ2n) is 5.99. The van der Waals surface area contributed by atoms with E-state index in [9.17, 15) is 0 Å². The van der Waals surface area contributed by atoms with Crippen LogP contribution in [0.25, 0.3) is 0 Å². The molecule has 0 aliphatic heterocycles. The molecule has 0 saturated heterocycles. The van der Waals surface area contributed by atoms with Crippen molar-refractivity contribution in [1.82, 2.24) is 5.32 Å². The lowest BCUT2D eigenvalue weighted by Crippen LogP contribution is -2.37. The Morgan fingerprint density at radius 3 is 2.17 bits per heavy atom. The Labute approximate surface area is 115 Å². The molecular formula is C15H21ClN2. The van der Waals surface area contributed by atoms with Crippen LogP contribution in [0, 0.1) is 16.7 Å². The third kappa shape index (κ3) is 4.33. The number of nitrogens with zero attached hydrogens (tertiary/aromatic N) is 1. The van der Waals surface area contributed by atoms with Crippen LogP contribution < -0.4 is 5.32 Å². The number of hydrogen-bond donors (Lipinski definition) is 1. The van der Waals surface area contributed by atoms with Gasteiger partial charge >= 0.3 is 0 Å². The molecular weight excluding hydrogens is 244 g/mol. The summed E-state index contributed by atoms with van der Waals surface area (Å²) in [6.07, 6.45) is 0. The Balaban J connectivity index is 2.60. The van der Waals surface area contributed by atoms with E-state index in [1.807, 2.05) is 26.0 Å². The highest BCUT2D eigenvalue weighted by molar-refractivity contribution is 6.30. The number of rotatable bonds is 5. The predicted molar refractivity (Wildman–Crippen MR) is 76.7 cm³/mol. The summed E-state index contributed by atoms with van der Waals surface area (Å²) in [6.45, 7) is 9.77. The van der Waals surface area contributed by atoms with Gasteiger partial charge in [-0.3, -0.25) is 0 Å². The third-order valence-corrected chi connectivity index (χ3v) is 3.31. The van der Waals surface area contributed by atoms with Gasteiger partial charge in [0.05, 0.1) is 11.5 Å². The van der Waals surface area contributed by atoms with Gasteiger partial charge in [-0.1, -0.05) is 37.6 Å². The molecule has 0 atom stereocenters. The van der Waals surface area contributed by atoms with Crippen LogP contribution in [0.5, 0.6) is 0 Å². The van der Waals surface area contributed by atoms with Crippen LogP contribution in [0.4, 0.5) is 0 Å². The molecule has 1 aromatic rings. The molecule has 2 nitrogen and oxygen atoms in total. The first-order chi connectivity index (χ1) is 8.27. The second-order valence-corrected chi connectivity index (χ2v) is 6.43. The van der Waals surface area contributed by atoms with E-state index < -0.39 is 0 Å². The lowest BCUT2D eigenvalue weighted by Gasteiger charge is -2.27. The highest BCUT2D eigenvalue weighted by Crippen LogP contribution is 2.24. The standard InChI is InChI=1S/C15H21ClN2/c1-14(2,9-17)10-18-11-15(3,4)12-5-7-13(16)8-6-12/h5-8,18H,10-11H2,1-4H3. The van der Waals surface area contributed by atoms with Gasteiger partial charge in [-0.2, -0.15) is 5.26 Å². The van der Waals surface area contributed by atoms with E-state index >= 15 is 0 Å². The summed E-state index contributed by atoms with van der Waals surface area (Å²) in [7, 11) is 0. The van der Waals surface area contributed by atoms with Gasteiger partial charge in [0, 0.05) is 23.5 Å². The highest BCUT2D eigenvalue weighted by atomic mass is 35.5. The molecule has 0 aromatic heterocycles. The Hall–Kier alpha value is -1.04. The molecule has 1 aromatic carbocycles. The molecule has 18 heavy (non-hydrogen) atoms. The van der Waals surface area contributed by atoms with Crippen molar-refractivity contribution in [1.29, 1.82) is 5.26 Å². The quantitative estimate of drug-likeness (QED) is 0.879. The number of halogens is 1. The Bertz CT molecular complexity index is 427. The molecule has 1 N–H and O–H groups in total. The first kappa shape index (κ1) is 15.0. The number of nitriles is 1.